The van der Waals surface area contributed by atoms with Gasteiger partial charge in [0, 0.05) is 25.7 Å². The van der Waals surface area contributed by atoms with Crippen LogP contribution in [0.2, 0.25) is 5.02 Å². The molecule has 10 heteroatoms. The number of rotatable bonds is 2. The molecule has 1 fully saturated rings. The Hall–Kier alpha value is -0.540. The van der Waals surface area contributed by atoms with Gasteiger partial charge in [-0.25, -0.2) is 8.42 Å². The highest BCUT2D eigenvalue weighted by atomic mass is 35.5. The van der Waals surface area contributed by atoms with E-state index >= 15 is 0 Å². The van der Waals surface area contributed by atoms with Gasteiger partial charge in [-0.05, 0) is 25.1 Å². The molecule has 1 aliphatic rings. The number of nitrogens with one attached hydrogen (secondary N) is 1. The fourth-order valence-electron chi connectivity index (χ4n) is 2.18. The largest absolute Gasteiger partial charge is 0.416 e. The Kier molecular flexibility index (Phi) is 6.14. The Labute approximate surface area is 138 Å². The Morgan fingerprint density at radius 3 is 2.55 bits per heavy atom. The molecule has 1 atom stereocenters. The van der Waals surface area contributed by atoms with E-state index < -0.39 is 26.7 Å². The SMILES string of the molecule is C[C@@H]1CNCCN1S(=O)(=O)c1cc(C(F)(F)F)ccc1Cl.Cl. The molecule has 0 radical (unpaired) electrons. The van der Waals surface area contributed by atoms with Crippen LogP contribution in [0.1, 0.15) is 12.5 Å². The zero-order chi connectivity index (χ0) is 15.8. The number of hydrogen-bond donors (Lipinski definition) is 1. The third-order valence-corrected chi connectivity index (χ3v) is 5.78. The minimum absolute atomic E-state index is 0. The first-order valence-electron chi connectivity index (χ1n) is 6.23. The van der Waals surface area contributed by atoms with Gasteiger partial charge in [-0.1, -0.05) is 11.6 Å². The number of hydrogen-bond acceptors (Lipinski definition) is 3. The van der Waals surface area contributed by atoms with Crippen LogP contribution in [-0.2, 0) is 16.2 Å². The molecule has 0 aliphatic carbocycles. The van der Waals surface area contributed by atoms with Crippen molar-refractivity contribution in [2.45, 2.75) is 24.0 Å². The summed E-state index contributed by atoms with van der Waals surface area (Å²) in [4.78, 5) is -0.507. The first-order chi connectivity index (χ1) is 9.64. The third kappa shape index (κ3) is 3.86. The fourth-order valence-corrected chi connectivity index (χ4v) is 4.32. The molecular weight excluding hydrogens is 364 g/mol. The summed E-state index contributed by atoms with van der Waals surface area (Å²) in [6.07, 6.45) is -4.62. The van der Waals surface area contributed by atoms with E-state index in [1.165, 1.54) is 4.31 Å². The average Bonchev–Trinajstić information content (AvgIpc) is 2.37. The second kappa shape index (κ2) is 6.92. The van der Waals surface area contributed by atoms with Crippen LogP contribution in [-0.4, -0.2) is 38.4 Å². The monoisotopic (exact) mass is 378 g/mol. The Balaban J connectivity index is 0.00000242. The molecule has 0 saturated carbocycles. The van der Waals surface area contributed by atoms with Crippen LogP contribution < -0.4 is 5.32 Å². The predicted molar refractivity (Wildman–Crippen MR) is 79.9 cm³/mol. The van der Waals surface area contributed by atoms with Crippen molar-refractivity contribution in [3.05, 3.63) is 28.8 Å². The highest BCUT2D eigenvalue weighted by Gasteiger charge is 2.36. The van der Waals surface area contributed by atoms with Gasteiger partial charge >= 0.3 is 6.18 Å². The molecule has 0 unspecified atom stereocenters. The molecule has 0 amide bonds. The van der Waals surface area contributed by atoms with E-state index in [0.29, 0.717) is 19.2 Å². The molecule has 1 heterocycles. The van der Waals surface area contributed by atoms with E-state index in [2.05, 4.69) is 5.32 Å². The maximum atomic E-state index is 12.7. The number of piperazine rings is 1. The first-order valence-corrected chi connectivity index (χ1v) is 8.05. The van der Waals surface area contributed by atoms with Gasteiger partial charge in [-0.2, -0.15) is 17.5 Å². The highest BCUT2D eigenvalue weighted by Crippen LogP contribution is 2.34. The maximum absolute atomic E-state index is 12.7. The van der Waals surface area contributed by atoms with Crippen LogP contribution in [0.25, 0.3) is 0 Å². The summed E-state index contributed by atoms with van der Waals surface area (Å²) < 4.78 is 64.5. The standard InChI is InChI=1S/C12H14ClF3N2O2S.ClH/c1-8-7-17-4-5-18(8)21(19,20)11-6-9(12(14,15)16)2-3-10(11)13;/h2-3,6,8,17H,4-5,7H2,1H3;1H/t8-;/m1./s1. The maximum Gasteiger partial charge on any atom is 0.416 e. The number of alkyl halides is 3. The fraction of sp³-hybridized carbons (Fsp3) is 0.500. The quantitative estimate of drug-likeness (QED) is 0.860. The van der Waals surface area contributed by atoms with Gasteiger partial charge in [0.2, 0.25) is 10.0 Å². The lowest BCUT2D eigenvalue weighted by molar-refractivity contribution is -0.137. The summed E-state index contributed by atoms with van der Waals surface area (Å²) in [5, 5.41) is 2.81. The van der Waals surface area contributed by atoms with Crippen molar-refractivity contribution in [3.8, 4) is 0 Å². The molecule has 22 heavy (non-hydrogen) atoms. The Morgan fingerprint density at radius 1 is 1.36 bits per heavy atom. The normalized spacial score (nSPS) is 20.5. The van der Waals surface area contributed by atoms with Crippen LogP contribution in [0.3, 0.4) is 0 Å². The zero-order valence-corrected chi connectivity index (χ0v) is 13.9. The van der Waals surface area contributed by atoms with Gasteiger partial charge in [0.1, 0.15) is 4.90 Å². The topological polar surface area (TPSA) is 49.4 Å². The van der Waals surface area contributed by atoms with Crippen molar-refractivity contribution in [2.75, 3.05) is 19.6 Å². The van der Waals surface area contributed by atoms with Crippen molar-refractivity contribution in [1.82, 2.24) is 9.62 Å². The van der Waals surface area contributed by atoms with Crippen molar-refractivity contribution in [1.29, 1.82) is 0 Å². The summed E-state index contributed by atoms with van der Waals surface area (Å²) in [6.45, 7) is 2.76. The summed E-state index contributed by atoms with van der Waals surface area (Å²) in [7, 11) is -4.06. The minimum Gasteiger partial charge on any atom is -0.314 e. The van der Waals surface area contributed by atoms with Crippen LogP contribution >= 0.6 is 24.0 Å². The van der Waals surface area contributed by atoms with E-state index in [0.717, 1.165) is 12.1 Å². The van der Waals surface area contributed by atoms with Crippen molar-refractivity contribution < 1.29 is 21.6 Å². The van der Waals surface area contributed by atoms with Crippen molar-refractivity contribution in [2.24, 2.45) is 0 Å². The summed E-state index contributed by atoms with van der Waals surface area (Å²) in [6, 6.07) is 1.97. The molecule has 2 rings (SSSR count). The number of benzene rings is 1. The van der Waals surface area contributed by atoms with E-state index in [1.54, 1.807) is 6.92 Å². The summed E-state index contributed by atoms with van der Waals surface area (Å²) >= 11 is 5.81. The second-order valence-corrected chi connectivity index (χ2v) is 7.08. The Bertz CT molecular complexity index is 638. The molecule has 1 saturated heterocycles. The molecule has 4 nitrogen and oxygen atoms in total. The number of nitrogens with zero attached hydrogens (tertiary/aromatic N) is 1. The lowest BCUT2D eigenvalue weighted by Crippen LogP contribution is -2.52. The third-order valence-electron chi connectivity index (χ3n) is 3.29. The van der Waals surface area contributed by atoms with Gasteiger partial charge < -0.3 is 5.32 Å². The molecule has 1 aromatic rings. The van der Waals surface area contributed by atoms with E-state index in [1.807, 2.05) is 0 Å². The predicted octanol–water partition coefficient (Wildman–Crippen LogP) is 2.76. The van der Waals surface area contributed by atoms with Crippen LogP contribution in [0.15, 0.2) is 23.1 Å². The zero-order valence-electron chi connectivity index (χ0n) is 11.5. The molecule has 0 spiro atoms. The Morgan fingerprint density at radius 2 is 2.00 bits per heavy atom. The van der Waals surface area contributed by atoms with E-state index in [4.69, 9.17) is 11.6 Å². The van der Waals surface area contributed by atoms with Crippen LogP contribution in [0.4, 0.5) is 13.2 Å². The van der Waals surface area contributed by atoms with E-state index in [9.17, 15) is 21.6 Å². The van der Waals surface area contributed by atoms with Gasteiger partial charge in [0.05, 0.1) is 10.6 Å². The summed E-state index contributed by atoms with van der Waals surface area (Å²) in [5.41, 5.74) is -1.03. The molecule has 1 aromatic carbocycles. The van der Waals surface area contributed by atoms with Gasteiger partial charge in [-0.15, -0.1) is 12.4 Å². The molecule has 1 aliphatic heterocycles. The molecular formula is C12H15Cl2F3N2O2S. The lowest BCUT2D eigenvalue weighted by Gasteiger charge is -2.33. The first kappa shape index (κ1) is 19.5. The molecule has 0 bridgehead atoms. The molecule has 0 aromatic heterocycles. The van der Waals surface area contributed by atoms with Crippen molar-refractivity contribution in [3.63, 3.8) is 0 Å². The van der Waals surface area contributed by atoms with Gasteiger partial charge in [0.25, 0.3) is 0 Å². The van der Waals surface area contributed by atoms with Crippen LogP contribution in [0.5, 0.6) is 0 Å². The average molecular weight is 379 g/mol. The highest BCUT2D eigenvalue weighted by molar-refractivity contribution is 7.89. The lowest BCUT2D eigenvalue weighted by atomic mass is 10.2. The summed E-state index contributed by atoms with van der Waals surface area (Å²) in [5.74, 6) is 0. The molecule has 1 N–H and O–H groups in total. The van der Waals surface area contributed by atoms with Gasteiger partial charge in [0.15, 0.2) is 0 Å². The van der Waals surface area contributed by atoms with Crippen molar-refractivity contribution >= 4 is 34.0 Å². The molecule has 126 valence electrons. The number of halogens is 5. The van der Waals surface area contributed by atoms with E-state index in [-0.39, 0.29) is 30.0 Å². The minimum atomic E-state index is -4.62. The second-order valence-electron chi connectivity index (χ2n) is 4.81. The van der Waals surface area contributed by atoms with Crippen LogP contribution in [0, 0.1) is 0 Å². The number of sulfonamides is 1. The smallest absolute Gasteiger partial charge is 0.314 e. The van der Waals surface area contributed by atoms with Gasteiger partial charge in [-0.3, -0.25) is 0 Å².